The standard InChI is InChI=1S/C13H20N4O2S2/c1-10-12(9-14-2)13(16-15-10)21(18,19)17(3)7-6-11-5-4-8-20-11/h4-5,8,14H,6-7,9H2,1-3H3,(H,15,16). The molecule has 0 radical (unpaired) electrons. The number of thiophene rings is 1. The van der Waals surface area contributed by atoms with Crippen LogP contribution >= 0.6 is 11.3 Å². The molecular weight excluding hydrogens is 308 g/mol. The van der Waals surface area contributed by atoms with Gasteiger partial charge in [0.15, 0.2) is 5.03 Å². The predicted octanol–water partition coefficient (Wildman–Crippen LogP) is 1.36. The van der Waals surface area contributed by atoms with Crippen LogP contribution in [0.4, 0.5) is 0 Å². The summed E-state index contributed by atoms with van der Waals surface area (Å²) in [6, 6.07) is 3.98. The second-order valence-corrected chi connectivity index (χ2v) is 7.81. The van der Waals surface area contributed by atoms with Gasteiger partial charge < -0.3 is 5.32 Å². The van der Waals surface area contributed by atoms with Crippen LogP contribution in [-0.4, -0.2) is 43.6 Å². The normalized spacial score (nSPS) is 12.2. The average Bonchev–Trinajstić information content (AvgIpc) is 3.07. The van der Waals surface area contributed by atoms with E-state index in [9.17, 15) is 8.42 Å². The minimum atomic E-state index is -3.57. The SMILES string of the molecule is CNCc1c(S(=O)(=O)N(C)CCc2cccs2)n[nH]c1C. The van der Waals surface area contributed by atoms with Crippen LogP contribution in [0, 0.1) is 6.92 Å². The average molecular weight is 328 g/mol. The van der Waals surface area contributed by atoms with Crippen molar-refractivity contribution in [3.8, 4) is 0 Å². The molecule has 2 aromatic heterocycles. The van der Waals surface area contributed by atoms with E-state index in [2.05, 4.69) is 15.5 Å². The fraction of sp³-hybridized carbons (Fsp3) is 0.462. The molecule has 0 saturated heterocycles. The number of aromatic nitrogens is 2. The van der Waals surface area contributed by atoms with Gasteiger partial charge >= 0.3 is 0 Å². The van der Waals surface area contributed by atoms with Crippen molar-refractivity contribution in [2.75, 3.05) is 20.6 Å². The minimum Gasteiger partial charge on any atom is -0.316 e. The van der Waals surface area contributed by atoms with Crippen LogP contribution in [0.5, 0.6) is 0 Å². The molecule has 2 heterocycles. The molecule has 0 unspecified atom stereocenters. The molecule has 0 aliphatic rings. The molecule has 0 amide bonds. The molecule has 2 rings (SSSR count). The summed E-state index contributed by atoms with van der Waals surface area (Å²) in [5.41, 5.74) is 1.47. The summed E-state index contributed by atoms with van der Waals surface area (Å²) < 4.78 is 26.6. The molecular formula is C13H20N4O2S2. The van der Waals surface area contributed by atoms with E-state index in [1.54, 1.807) is 25.4 Å². The van der Waals surface area contributed by atoms with Gasteiger partial charge in [-0.3, -0.25) is 5.10 Å². The largest absolute Gasteiger partial charge is 0.316 e. The summed E-state index contributed by atoms with van der Waals surface area (Å²) in [4.78, 5) is 1.17. The fourth-order valence-electron chi connectivity index (χ4n) is 2.02. The third-order valence-corrected chi connectivity index (χ3v) is 6.06. The van der Waals surface area contributed by atoms with Crippen molar-refractivity contribution in [2.45, 2.75) is 24.9 Å². The van der Waals surface area contributed by atoms with Gasteiger partial charge in [0.25, 0.3) is 10.0 Å². The quantitative estimate of drug-likeness (QED) is 0.804. The molecule has 2 aromatic rings. The lowest BCUT2D eigenvalue weighted by molar-refractivity contribution is 0.469. The Morgan fingerprint density at radius 1 is 1.48 bits per heavy atom. The van der Waals surface area contributed by atoms with E-state index in [-0.39, 0.29) is 5.03 Å². The zero-order valence-electron chi connectivity index (χ0n) is 12.4. The molecule has 0 aliphatic heterocycles. The van der Waals surface area contributed by atoms with Crippen molar-refractivity contribution in [1.82, 2.24) is 19.8 Å². The number of H-pyrrole nitrogens is 1. The first kappa shape index (κ1) is 16.2. The first-order chi connectivity index (χ1) is 9.96. The van der Waals surface area contributed by atoms with E-state index < -0.39 is 10.0 Å². The Bertz CT molecular complexity index is 677. The van der Waals surface area contributed by atoms with Gasteiger partial charge in [-0.15, -0.1) is 11.3 Å². The summed E-state index contributed by atoms with van der Waals surface area (Å²) in [7, 11) is -0.194. The zero-order valence-corrected chi connectivity index (χ0v) is 14.0. The Morgan fingerprint density at radius 2 is 2.24 bits per heavy atom. The number of rotatable bonds is 7. The molecule has 0 saturated carbocycles. The lowest BCUT2D eigenvalue weighted by Gasteiger charge is -2.16. The van der Waals surface area contributed by atoms with Crippen LogP contribution in [0.15, 0.2) is 22.5 Å². The van der Waals surface area contributed by atoms with Crippen molar-refractivity contribution in [1.29, 1.82) is 0 Å². The van der Waals surface area contributed by atoms with E-state index in [1.807, 2.05) is 24.4 Å². The first-order valence-corrected chi connectivity index (χ1v) is 8.96. The summed E-state index contributed by atoms with van der Waals surface area (Å²) in [6.07, 6.45) is 0.707. The molecule has 0 spiro atoms. The van der Waals surface area contributed by atoms with Gasteiger partial charge in [-0.25, -0.2) is 8.42 Å². The van der Waals surface area contributed by atoms with Crippen molar-refractivity contribution in [3.63, 3.8) is 0 Å². The van der Waals surface area contributed by atoms with E-state index >= 15 is 0 Å². The van der Waals surface area contributed by atoms with Gasteiger partial charge in [0.05, 0.1) is 0 Å². The van der Waals surface area contributed by atoms with Crippen molar-refractivity contribution in [2.24, 2.45) is 0 Å². The highest BCUT2D eigenvalue weighted by Gasteiger charge is 2.27. The molecule has 0 bridgehead atoms. The Morgan fingerprint density at radius 3 is 2.86 bits per heavy atom. The van der Waals surface area contributed by atoms with Crippen LogP contribution in [-0.2, 0) is 23.0 Å². The summed E-state index contributed by atoms with van der Waals surface area (Å²) in [6.45, 7) is 2.73. The van der Waals surface area contributed by atoms with Crippen molar-refractivity contribution in [3.05, 3.63) is 33.6 Å². The lowest BCUT2D eigenvalue weighted by atomic mass is 10.3. The van der Waals surface area contributed by atoms with Gasteiger partial charge in [0.2, 0.25) is 0 Å². The van der Waals surface area contributed by atoms with Gasteiger partial charge in [0.1, 0.15) is 0 Å². The number of hydrogen-bond acceptors (Lipinski definition) is 5. The molecule has 0 aromatic carbocycles. The smallest absolute Gasteiger partial charge is 0.262 e. The third-order valence-electron chi connectivity index (χ3n) is 3.30. The monoisotopic (exact) mass is 328 g/mol. The molecule has 21 heavy (non-hydrogen) atoms. The number of nitrogens with zero attached hydrogens (tertiary/aromatic N) is 2. The van der Waals surface area contributed by atoms with Crippen molar-refractivity contribution < 1.29 is 8.42 Å². The Balaban J connectivity index is 2.17. The molecule has 0 aliphatic carbocycles. The Hall–Kier alpha value is -1.22. The topological polar surface area (TPSA) is 78.1 Å². The number of sulfonamides is 1. The molecule has 2 N–H and O–H groups in total. The maximum atomic E-state index is 12.6. The second kappa shape index (κ2) is 6.69. The lowest BCUT2D eigenvalue weighted by Crippen LogP contribution is -2.30. The van der Waals surface area contributed by atoms with E-state index in [0.29, 0.717) is 25.1 Å². The summed E-state index contributed by atoms with van der Waals surface area (Å²) in [5, 5.41) is 11.8. The van der Waals surface area contributed by atoms with Crippen LogP contribution in [0.3, 0.4) is 0 Å². The molecule has 6 nitrogen and oxygen atoms in total. The maximum absolute atomic E-state index is 12.6. The molecule has 8 heteroatoms. The molecule has 0 atom stereocenters. The number of hydrogen-bond donors (Lipinski definition) is 2. The van der Waals surface area contributed by atoms with Crippen LogP contribution in [0.1, 0.15) is 16.1 Å². The highest BCUT2D eigenvalue weighted by Crippen LogP contribution is 2.20. The number of nitrogens with one attached hydrogen (secondary N) is 2. The number of aromatic amines is 1. The zero-order chi connectivity index (χ0) is 15.5. The van der Waals surface area contributed by atoms with E-state index in [4.69, 9.17) is 0 Å². The van der Waals surface area contributed by atoms with E-state index in [1.165, 1.54) is 9.18 Å². The van der Waals surface area contributed by atoms with Crippen molar-refractivity contribution >= 4 is 21.4 Å². The number of aryl methyl sites for hydroxylation is 1. The first-order valence-electron chi connectivity index (χ1n) is 6.64. The second-order valence-electron chi connectivity index (χ2n) is 4.82. The Kier molecular flexibility index (Phi) is 5.15. The van der Waals surface area contributed by atoms with Gasteiger partial charge in [-0.05, 0) is 31.8 Å². The summed E-state index contributed by atoms with van der Waals surface area (Å²) >= 11 is 1.63. The van der Waals surface area contributed by atoms with Crippen LogP contribution in [0.2, 0.25) is 0 Å². The van der Waals surface area contributed by atoms with E-state index in [0.717, 1.165) is 5.69 Å². The molecule has 0 fully saturated rings. The fourth-order valence-corrected chi connectivity index (χ4v) is 4.04. The molecule has 116 valence electrons. The van der Waals surface area contributed by atoms with Crippen LogP contribution < -0.4 is 5.32 Å². The highest BCUT2D eigenvalue weighted by atomic mass is 32.2. The van der Waals surface area contributed by atoms with Gasteiger partial charge in [-0.1, -0.05) is 6.07 Å². The number of likely N-dealkylation sites (N-methyl/N-ethyl adjacent to an activating group) is 1. The minimum absolute atomic E-state index is 0.114. The summed E-state index contributed by atoms with van der Waals surface area (Å²) in [5.74, 6) is 0. The van der Waals surface area contributed by atoms with Crippen LogP contribution in [0.25, 0.3) is 0 Å². The maximum Gasteiger partial charge on any atom is 0.262 e. The predicted molar refractivity (Wildman–Crippen MR) is 83.9 cm³/mol. The highest BCUT2D eigenvalue weighted by molar-refractivity contribution is 7.89. The van der Waals surface area contributed by atoms with Gasteiger partial charge in [-0.2, -0.15) is 9.40 Å². The van der Waals surface area contributed by atoms with Gasteiger partial charge in [0, 0.05) is 36.3 Å². The Labute approximate surface area is 129 Å². The third kappa shape index (κ3) is 3.52.